The molecule has 0 unspecified atom stereocenters. The predicted molar refractivity (Wildman–Crippen MR) is 81.0 cm³/mol. The van der Waals surface area contributed by atoms with E-state index >= 15 is 0 Å². The highest BCUT2D eigenvalue weighted by Gasteiger charge is 2.75. The van der Waals surface area contributed by atoms with Crippen LogP contribution in [-0.4, -0.2) is 24.0 Å². The van der Waals surface area contributed by atoms with Gasteiger partial charge in [0, 0.05) is 16.8 Å². The second-order valence-corrected chi connectivity index (χ2v) is 7.79. The van der Waals surface area contributed by atoms with Crippen LogP contribution in [0.2, 0.25) is 0 Å². The van der Waals surface area contributed by atoms with Crippen molar-refractivity contribution in [3.05, 3.63) is 22.4 Å². The summed E-state index contributed by atoms with van der Waals surface area (Å²) >= 11 is 1.68. The van der Waals surface area contributed by atoms with E-state index in [1.54, 1.807) is 11.3 Å². The van der Waals surface area contributed by atoms with Crippen LogP contribution in [0.25, 0.3) is 0 Å². The zero-order valence-corrected chi connectivity index (χ0v) is 13.5. The summed E-state index contributed by atoms with van der Waals surface area (Å²) in [5.41, 5.74) is -2.00. The number of esters is 1. The maximum absolute atomic E-state index is 12.7. The van der Waals surface area contributed by atoms with Crippen molar-refractivity contribution in [2.45, 2.75) is 45.6 Å². The highest BCUT2D eigenvalue weighted by molar-refractivity contribution is 7.09. The molecule has 1 saturated carbocycles. The Labute approximate surface area is 128 Å². The number of nitrogens with one attached hydrogen (secondary N) is 1. The Morgan fingerprint density at radius 1 is 1.38 bits per heavy atom. The zero-order chi connectivity index (χ0) is 15.3. The molecule has 1 aliphatic carbocycles. The van der Waals surface area contributed by atoms with E-state index < -0.39 is 16.4 Å². The Balaban J connectivity index is 1.71. The Morgan fingerprint density at radius 2 is 2.14 bits per heavy atom. The number of rotatable bonds is 4. The average molecular weight is 307 g/mol. The molecule has 2 heterocycles. The summed E-state index contributed by atoms with van der Waals surface area (Å²) in [5, 5.41) is 4.99. The van der Waals surface area contributed by atoms with Gasteiger partial charge in [-0.25, -0.2) is 0 Å². The van der Waals surface area contributed by atoms with Gasteiger partial charge >= 0.3 is 5.97 Å². The van der Waals surface area contributed by atoms with Gasteiger partial charge in [0.05, 0.1) is 5.41 Å². The summed E-state index contributed by atoms with van der Waals surface area (Å²) in [6, 6.07) is 4.06. The first-order chi connectivity index (χ1) is 9.83. The zero-order valence-electron chi connectivity index (χ0n) is 12.7. The minimum Gasteiger partial charge on any atom is -0.448 e. The summed E-state index contributed by atoms with van der Waals surface area (Å²) in [4.78, 5) is 26.1. The Morgan fingerprint density at radius 3 is 2.67 bits per heavy atom. The van der Waals surface area contributed by atoms with Gasteiger partial charge in [0.15, 0.2) is 5.60 Å². The van der Waals surface area contributed by atoms with Crippen molar-refractivity contribution < 1.29 is 14.3 Å². The maximum Gasteiger partial charge on any atom is 0.313 e. The van der Waals surface area contributed by atoms with Crippen molar-refractivity contribution >= 4 is 23.2 Å². The van der Waals surface area contributed by atoms with E-state index in [2.05, 4.69) is 11.4 Å². The molecule has 0 aromatic carbocycles. The lowest BCUT2D eigenvalue weighted by atomic mass is 9.66. The average Bonchev–Trinajstić information content (AvgIpc) is 3.04. The van der Waals surface area contributed by atoms with Crippen LogP contribution in [0.4, 0.5) is 0 Å². The first-order valence-corrected chi connectivity index (χ1v) is 8.26. The molecule has 3 rings (SSSR count). The van der Waals surface area contributed by atoms with Crippen LogP contribution in [0.15, 0.2) is 17.5 Å². The van der Waals surface area contributed by atoms with Crippen LogP contribution >= 0.6 is 11.3 Å². The van der Waals surface area contributed by atoms with Crippen molar-refractivity contribution in [2.24, 2.45) is 10.8 Å². The van der Waals surface area contributed by atoms with Crippen molar-refractivity contribution in [3.63, 3.8) is 0 Å². The Bertz CT molecular complexity index is 580. The van der Waals surface area contributed by atoms with E-state index in [0.29, 0.717) is 13.0 Å². The first-order valence-electron chi connectivity index (χ1n) is 7.38. The lowest BCUT2D eigenvalue weighted by molar-refractivity contribution is -0.168. The number of hydrogen-bond donors (Lipinski definition) is 1. The van der Waals surface area contributed by atoms with Crippen molar-refractivity contribution in [1.29, 1.82) is 0 Å². The summed E-state index contributed by atoms with van der Waals surface area (Å²) in [6.07, 6.45) is 2.15. The fraction of sp³-hybridized carbons (Fsp3) is 0.625. The molecule has 2 atom stereocenters. The molecule has 1 amide bonds. The predicted octanol–water partition coefficient (Wildman–Crippen LogP) is 2.53. The molecule has 1 aromatic heterocycles. The third-order valence-corrected chi connectivity index (χ3v) is 6.62. The van der Waals surface area contributed by atoms with Gasteiger partial charge in [-0.15, -0.1) is 11.3 Å². The van der Waals surface area contributed by atoms with Gasteiger partial charge < -0.3 is 10.1 Å². The molecular formula is C16H21NO3S. The van der Waals surface area contributed by atoms with Gasteiger partial charge in [-0.1, -0.05) is 19.9 Å². The molecule has 1 N–H and O–H groups in total. The second kappa shape index (κ2) is 4.57. The van der Waals surface area contributed by atoms with Crippen LogP contribution in [0.5, 0.6) is 0 Å². The Kier molecular flexibility index (Phi) is 3.17. The highest BCUT2D eigenvalue weighted by atomic mass is 32.1. The van der Waals surface area contributed by atoms with Gasteiger partial charge in [0.2, 0.25) is 0 Å². The number of thiophene rings is 1. The van der Waals surface area contributed by atoms with Crippen LogP contribution in [0.1, 0.15) is 38.5 Å². The minimum absolute atomic E-state index is 0.140. The standard InChI is InChI=1S/C16H21NO3S/c1-14(2)15(3)7-8-16(14,20-13(15)19)12(18)17-9-6-11-5-4-10-21-11/h4-5,10H,6-9H2,1-3H3,(H,17,18)/t15-,16+/m1/s1. The van der Waals surface area contributed by atoms with E-state index in [1.165, 1.54) is 4.88 Å². The monoisotopic (exact) mass is 307 g/mol. The van der Waals surface area contributed by atoms with Gasteiger partial charge in [0.25, 0.3) is 5.91 Å². The summed E-state index contributed by atoms with van der Waals surface area (Å²) < 4.78 is 5.57. The third kappa shape index (κ3) is 1.79. The number of ether oxygens (including phenoxy) is 1. The van der Waals surface area contributed by atoms with Crippen LogP contribution in [0, 0.1) is 10.8 Å². The molecule has 1 aromatic rings. The molecule has 0 radical (unpaired) electrons. The highest BCUT2D eigenvalue weighted by Crippen LogP contribution is 2.65. The lowest BCUT2D eigenvalue weighted by Crippen LogP contribution is -2.53. The van der Waals surface area contributed by atoms with Gasteiger partial charge in [-0.2, -0.15) is 0 Å². The van der Waals surface area contributed by atoms with Gasteiger partial charge in [0.1, 0.15) is 0 Å². The maximum atomic E-state index is 12.7. The topological polar surface area (TPSA) is 55.4 Å². The smallest absolute Gasteiger partial charge is 0.313 e. The number of amides is 1. The van der Waals surface area contributed by atoms with Crippen LogP contribution in [-0.2, 0) is 20.7 Å². The molecule has 4 nitrogen and oxygen atoms in total. The number of carbonyl (C=O) groups excluding carboxylic acids is 2. The second-order valence-electron chi connectivity index (χ2n) is 6.76. The van der Waals surface area contributed by atoms with E-state index in [-0.39, 0.29) is 11.9 Å². The largest absolute Gasteiger partial charge is 0.448 e. The van der Waals surface area contributed by atoms with Crippen molar-refractivity contribution in [2.75, 3.05) is 6.54 Å². The molecule has 21 heavy (non-hydrogen) atoms. The number of fused-ring (bicyclic) bond motifs is 2. The SMILES string of the molecule is CC1(C)[C@@]2(C(=O)NCCc3cccs3)CC[C@]1(C)C(=O)O2. The molecular weight excluding hydrogens is 286 g/mol. The van der Waals surface area contributed by atoms with E-state index in [1.807, 2.05) is 32.2 Å². The van der Waals surface area contributed by atoms with E-state index in [4.69, 9.17) is 4.74 Å². The molecule has 1 saturated heterocycles. The normalized spacial score (nSPS) is 33.0. The summed E-state index contributed by atoms with van der Waals surface area (Å²) in [7, 11) is 0. The quantitative estimate of drug-likeness (QED) is 0.870. The van der Waals surface area contributed by atoms with E-state index in [9.17, 15) is 9.59 Å². The molecule has 0 spiro atoms. The summed E-state index contributed by atoms with van der Waals surface area (Å²) in [5.74, 6) is -0.370. The minimum atomic E-state index is -0.992. The van der Waals surface area contributed by atoms with Crippen molar-refractivity contribution in [3.8, 4) is 0 Å². The summed E-state index contributed by atoms with van der Waals surface area (Å²) in [6.45, 7) is 6.45. The molecule has 1 aliphatic heterocycles. The van der Waals surface area contributed by atoms with Crippen LogP contribution < -0.4 is 5.32 Å². The lowest BCUT2D eigenvalue weighted by Gasteiger charge is -2.35. The molecule has 2 aliphatic rings. The number of carbonyl (C=O) groups is 2. The first kappa shape index (κ1) is 14.6. The molecule has 2 fully saturated rings. The van der Waals surface area contributed by atoms with Gasteiger partial charge in [-0.3, -0.25) is 9.59 Å². The molecule has 5 heteroatoms. The van der Waals surface area contributed by atoms with Crippen molar-refractivity contribution in [1.82, 2.24) is 5.32 Å². The fourth-order valence-electron chi connectivity index (χ4n) is 3.64. The third-order valence-electron chi connectivity index (χ3n) is 5.69. The molecule has 114 valence electrons. The number of hydrogen-bond acceptors (Lipinski definition) is 4. The van der Waals surface area contributed by atoms with Gasteiger partial charge in [-0.05, 0) is 37.6 Å². The van der Waals surface area contributed by atoms with E-state index in [0.717, 1.165) is 12.8 Å². The van der Waals surface area contributed by atoms with Crippen LogP contribution in [0.3, 0.4) is 0 Å². The fourth-order valence-corrected chi connectivity index (χ4v) is 4.35. The molecule has 2 bridgehead atoms. The Hall–Kier alpha value is -1.36.